The quantitative estimate of drug-likeness (QED) is 0.226. The molecule has 0 aromatic heterocycles. The molecule has 0 aliphatic heterocycles. The van der Waals surface area contributed by atoms with Crippen molar-refractivity contribution < 1.29 is 17.9 Å². The van der Waals surface area contributed by atoms with E-state index < -0.39 is 22.5 Å². The smallest absolute Gasteiger partial charge is 0.260 e. The van der Waals surface area contributed by atoms with Crippen molar-refractivity contribution in [3.63, 3.8) is 0 Å². The van der Waals surface area contributed by atoms with Gasteiger partial charge in [-0.3, -0.25) is 9.10 Å². The molecule has 4 aromatic carbocycles. The Bertz CT molecular complexity index is 1510. The Morgan fingerprint density at radius 1 is 0.972 bits per heavy atom. The molecule has 0 heterocycles. The maximum atomic E-state index is 12.3. The number of rotatable bonds is 9. The van der Waals surface area contributed by atoms with Crippen molar-refractivity contribution >= 4 is 54.5 Å². The van der Waals surface area contributed by atoms with Crippen molar-refractivity contribution in [2.24, 2.45) is 5.10 Å². The Morgan fingerprint density at radius 3 is 2.44 bits per heavy atom. The normalized spacial score (nSPS) is 11.5. The molecular formula is C27H24BrN3O4S. The van der Waals surface area contributed by atoms with E-state index >= 15 is 0 Å². The lowest BCUT2D eigenvalue weighted by atomic mass is 10.1. The molecule has 184 valence electrons. The molecule has 0 aliphatic carbocycles. The molecule has 9 heteroatoms. The summed E-state index contributed by atoms with van der Waals surface area (Å²) in [6.45, 7) is 0.0529. The summed E-state index contributed by atoms with van der Waals surface area (Å²) in [5.41, 5.74) is 4.58. The third-order valence-corrected chi connectivity index (χ3v) is 6.92. The molecule has 0 bridgehead atoms. The van der Waals surface area contributed by atoms with E-state index in [0.29, 0.717) is 22.5 Å². The first-order chi connectivity index (χ1) is 17.3. The van der Waals surface area contributed by atoms with E-state index in [1.54, 1.807) is 24.3 Å². The lowest BCUT2D eigenvalue weighted by Crippen LogP contribution is -2.39. The van der Waals surface area contributed by atoms with E-state index in [4.69, 9.17) is 4.74 Å². The molecule has 0 atom stereocenters. The second-order valence-electron chi connectivity index (χ2n) is 8.08. The van der Waals surface area contributed by atoms with Crippen LogP contribution in [-0.4, -0.2) is 33.3 Å². The van der Waals surface area contributed by atoms with E-state index in [2.05, 4.69) is 50.7 Å². The van der Waals surface area contributed by atoms with Crippen LogP contribution >= 0.6 is 15.9 Å². The number of sulfonamides is 1. The van der Waals surface area contributed by atoms with Gasteiger partial charge in [0.25, 0.3) is 5.91 Å². The molecule has 0 fully saturated rings. The van der Waals surface area contributed by atoms with E-state index in [9.17, 15) is 13.2 Å². The highest BCUT2D eigenvalue weighted by atomic mass is 79.9. The molecule has 0 spiro atoms. The molecule has 0 unspecified atom stereocenters. The fourth-order valence-corrected chi connectivity index (χ4v) is 4.76. The molecule has 1 N–H and O–H groups in total. The topological polar surface area (TPSA) is 88.1 Å². The van der Waals surface area contributed by atoms with Crippen LogP contribution < -0.4 is 14.5 Å². The van der Waals surface area contributed by atoms with Gasteiger partial charge in [0.05, 0.1) is 18.2 Å². The molecule has 0 radical (unpaired) electrons. The zero-order chi connectivity index (χ0) is 25.5. The third-order valence-electron chi connectivity index (χ3n) is 5.29. The SMILES string of the molecule is CS(=O)(=O)N(CC(=O)N/N=C\c1ccc(OCc2ccc3ccccc3c2)cc1)c1cccc(Br)c1. The minimum absolute atomic E-state index is 0.380. The van der Waals surface area contributed by atoms with Crippen LogP contribution in [0.15, 0.2) is 101 Å². The Hall–Kier alpha value is -3.69. The van der Waals surface area contributed by atoms with Gasteiger partial charge in [-0.25, -0.2) is 13.8 Å². The minimum Gasteiger partial charge on any atom is -0.489 e. The molecule has 0 saturated heterocycles. The summed E-state index contributed by atoms with van der Waals surface area (Å²) in [7, 11) is -3.66. The molecule has 4 rings (SSSR count). The molecule has 7 nitrogen and oxygen atoms in total. The van der Waals surface area contributed by atoms with Gasteiger partial charge in [0.15, 0.2) is 0 Å². The Kier molecular flexibility index (Phi) is 8.02. The lowest BCUT2D eigenvalue weighted by molar-refractivity contribution is -0.119. The highest BCUT2D eigenvalue weighted by Gasteiger charge is 2.20. The number of nitrogens with one attached hydrogen (secondary N) is 1. The minimum atomic E-state index is -3.66. The van der Waals surface area contributed by atoms with Gasteiger partial charge in [0.1, 0.15) is 18.9 Å². The van der Waals surface area contributed by atoms with Crippen molar-refractivity contribution in [2.45, 2.75) is 6.61 Å². The van der Waals surface area contributed by atoms with Crippen LogP contribution in [0.4, 0.5) is 5.69 Å². The van der Waals surface area contributed by atoms with Gasteiger partial charge in [-0.15, -0.1) is 0 Å². The molecular weight excluding hydrogens is 542 g/mol. The zero-order valence-electron chi connectivity index (χ0n) is 19.5. The number of hydrazone groups is 1. The highest BCUT2D eigenvalue weighted by molar-refractivity contribution is 9.10. The summed E-state index contributed by atoms with van der Waals surface area (Å²) in [6, 6.07) is 28.4. The van der Waals surface area contributed by atoms with Crippen LogP contribution in [0.1, 0.15) is 11.1 Å². The second kappa shape index (κ2) is 11.4. The van der Waals surface area contributed by atoms with Gasteiger partial charge in [-0.2, -0.15) is 5.10 Å². The summed E-state index contributed by atoms with van der Waals surface area (Å²) in [5, 5.41) is 6.30. The van der Waals surface area contributed by atoms with E-state index in [-0.39, 0.29) is 0 Å². The maximum absolute atomic E-state index is 12.3. The summed E-state index contributed by atoms with van der Waals surface area (Å²) in [5.74, 6) is 0.147. The van der Waals surface area contributed by atoms with Crippen LogP contribution in [0.25, 0.3) is 10.8 Å². The summed E-state index contributed by atoms with van der Waals surface area (Å²) in [6.07, 6.45) is 2.53. The lowest BCUT2D eigenvalue weighted by Gasteiger charge is -2.21. The van der Waals surface area contributed by atoms with Crippen molar-refractivity contribution in [2.75, 3.05) is 17.1 Å². The summed E-state index contributed by atoms with van der Waals surface area (Å²) >= 11 is 3.31. The number of carbonyl (C=O) groups is 1. The Morgan fingerprint density at radius 2 is 1.72 bits per heavy atom. The Balaban J connectivity index is 1.31. The first-order valence-corrected chi connectivity index (χ1v) is 13.7. The number of benzene rings is 4. The van der Waals surface area contributed by atoms with Gasteiger partial charge in [-0.05, 0) is 70.4 Å². The van der Waals surface area contributed by atoms with Crippen molar-refractivity contribution in [1.29, 1.82) is 0 Å². The fraction of sp³-hybridized carbons (Fsp3) is 0.111. The van der Waals surface area contributed by atoms with Gasteiger partial charge < -0.3 is 4.74 Å². The molecule has 1 amide bonds. The first-order valence-electron chi connectivity index (χ1n) is 11.0. The number of hydrogen-bond donors (Lipinski definition) is 1. The Labute approximate surface area is 218 Å². The highest BCUT2D eigenvalue weighted by Crippen LogP contribution is 2.22. The van der Waals surface area contributed by atoms with Crippen molar-refractivity contribution in [3.8, 4) is 5.75 Å². The number of ether oxygens (including phenoxy) is 1. The first kappa shape index (κ1) is 25.4. The van der Waals surface area contributed by atoms with Gasteiger partial charge in [0.2, 0.25) is 10.0 Å². The van der Waals surface area contributed by atoms with Gasteiger partial charge in [-0.1, -0.05) is 58.4 Å². The second-order valence-corrected chi connectivity index (χ2v) is 10.9. The zero-order valence-corrected chi connectivity index (χ0v) is 21.9. The number of fused-ring (bicyclic) bond motifs is 1. The van der Waals surface area contributed by atoms with E-state index in [0.717, 1.165) is 21.7 Å². The largest absolute Gasteiger partial charge is 0.489 e. The monoisotopic (exact) mass is 565 g/mol. The number of hydrogen-bond acceptors (Lipinski definition) is 5. The molecule has 0 aliphatic rings. The molecule has 36 heavy (non-hydrogen) atoms. The van der Waals surface area contributed by atoms with Gasteiger partial charge in [0, 0.05) is 4.47 Å². The van der Waals surface area contributed by atoms with Crippen molar-refractivity contribution in [3.05, 3.63) is 107 Å². The molecule has 0 saturated carbocycles. The number of halogens is 1. The van der Waals surface area contributed by atoms with Crippen LogP contribution in [0, 0.1) is 0 Å². The third kappa shape index (κ3) is 6.93. The number of carbonyl (C=O) groups excluding carboxylic acids is 1. The van der Waals surface area contributed by atoms with Crippen LogP contribution in [-0.2, 0) is 21.4 Å². The standard InChI is InChI=1S/C27H24BrN3O4S/c1-36(33,34)31(25-8-4-7-24(28)16-25)18-27(32)30-29-17-20-10-13-26(14-11-20)35-19-21-9-12-22-5-2-3-6-23(22)15-21/h2-17H,18-19H2,1H3,(H,30,32)/b29-17-. The number of amides is 1. The van der Waals surface area contributed by atoms with E-state index in [1.807, 2.05) is 42.5 Å². The maximum Gasteiger partial charge on any atom is 0.260 e. The fourth-order valence-electron chi connectivity index (χ4n) is 3.52. The number of nitrogens with zero attached hydrogens (tertiary/aromatic N) is 2. The number of anilines is 1. The summed E-state index contributed by atoms with van der Waals surface area (Å²) < 4.78 is 32.0. The molecule has 4 aromatic rings. The van der Waals surface area contributed by atoms with Crippen LogP contribution in [0.3, 0.4) is 0 Å². The average Bonchev–Trinajstić information content (AvgIpc) is 2.86. The predicted molar refractivity (Wildman–Crippen MR) is 147 cm³/mol. The van der Waals surface area contributed by atoms with Gasteiger partial charge >= 0.3 is 0 Å². The van der Waals surface area contributed by atoms with Crippen molar-refractivity contribution in [1.82, 2.24) is 5.43 Å². The average molecular weight is 566 g/mol. The van der Waals surface area contributed by atoms with E-state index in [1.165, 1.54) is 17.0 Å². The predicted octanol–water partition coefficient (Wildman–Crippen LogP) is 5.10. The van der Waals surface area contributed by atoms with Crippen LogP contribution in [0.5, 0.6) is 5.75 Å². The summed E-state index contributed by atoms with van der Waals surface area (Å²) in [4.78, 5) is 12.3. The van der Waals surface area contributed by atoms with Crippen LogP contribution in [0.2, 0.25) is 0 Å².